The van der Waals surface area contributed by atoms with Gasteiger partial charge in [0.15, 0.2) is 11.5 Å². The summed E-state index contributed by atoms with van der Waals surface area (Å²) < 4.78 is 16.9. The normalized spacial score (nSPS) is 10.6. The van der Waals surface area contributed by atoms with E-state index in [-0.39, 0.29) is 0 Å². The summed E-state index contributed by atoms with van der Waals surface area (Å²) in [6.45, 7) is 5.02. The summed E-state index contributed by atoms with van der Waals surface area (Å²) in [6, 6.07) is 3.97. The predicted molar refractivity (Wildman–Crippen MR) is 94.6 cm³/mol. The minimum atomic E-state index is 0.619. The van der Waals surface area contributed by atoms with Crippen LogP contribution in [-0.4, -0.2) is 33.9 Å². The molecule has 0 fully saturated rings. The van der Waals surface area contributed by atoms with Crippen LogP contribution in [0, 0.1) is 0 Å². The van der Waals surface area contributed by atoms with E-state index in [1.807, 2.05) is 12.1 Å². The van der Waals surface area contributed by atoms with E-state index in [1.165, 1.54) is 25.7 Å². The highest BCUT2D eigenvalue weighted by atomic mass is 16.5. The summed E-state index contributed by atoms with van der Waals surface area (Å²) in [4.78, 5) is 0. The Kier molecular flexibility index (Phi) is 10.2. The molecule has 0 saturated carbocycles. The van der Waals surface area contributed by atoms with Gasteiger partial charge in [-0.15, -0.1) is 0 Å². The van der Waals surface area contributed by atoms with Crippen LogP contribution in [0.5, 0.6) is 17.2 Å². The maximum Gasteiger partial charge on any atom is 0.203 e. The molecule has 3 N–H and O–H groups in total. The first kappa shape index (κ1) is 19.6. The second kappa shape index (κ2) is 12.0. The quantitative estimate of drug-likeness (QED) is 0.546. The van der Waals surface area contributed by atoms with Gasteiger partial charge >= 0.3 is 0 Å². The SMILES string of the molecule is CCCCCCCOc1c(OC)cc(CNCCN)cc1OC. The molecule has 0 aliphatic heterocycles. The smallest absolute Gasteiger partial charge is 0.203 e. The molecule has 132 valence electrons. The molecule has 0 atom stereocenters. The van der Waals surface area contributed by atoms with Gasteiger partial charge < -0.3 is 25.3 Å². The first-order chi connectivity index (χ1) is 11.3. The number of methoxy groups -OCH3 is 2. The molecular weight excluding hydrogens is 292 g/mol. The van der Waals surface area contributed by atoms with Gasteiger partial charge in [0.2, 0.25) is 5.75 Å². The lowest BCUT2D eigenvalue weighted by atomic mass is 10.1. The molecule has 0 spiro atoms. The lowest BCUT2D eigenvalue weighted by Gasteiger charge is -2.16. The number of hydrogen-bond acceptors (Lipinski definition) is 5. The molecule has 1 aromatic rings. The van der Waals surface area contributed by atoms with Crippen LogP contribution in [0.4, 0.5) is 0 Å². The molecule has 0 aliphatic rings. The van der Waals surface area contributed by atoms with E-state index in [0.29, 0.717) is 30.4 Å². The number of hydrogen-bond donors (Lipinski definition) is 2. The highest BCUT2D eigenvalue weighted by molar-refractivity contribution is 5.53. The van der Waals surface area contributed by atoms with Crippen molar-refractivity contribution in [1.82, 2.24) is 5.32 Å². The van der Waals surface area contributed by atoms with Gasteiger partial charge in [-0.3, -0.25) is 0 Å². The summed E-state index contributed by atoms with van der Waals surface area (Å²) >= 11 is 0. The molecule has 0 bridgehead atoms. The van der Waals surface area contributed by atoms with Crippen molar-refractivity contribution in [1.29, 1.82) is 0 Å². The molecule has 0 saturated heterocycles. The van der Waals surface area contributed by atoms with Crippen molar-refractivity contribution in [2.45, 2.75) is 45.6 Å². The highest BCUT2D eigenvalue weighted by Gasteiger charge is 2.14. The molecule has 0 heterocycles. The Labute approximate surface area is 140 Å². The van der Waals surface area contributed by atoms with Crippen molar-refractivity contribution < 1.29 is 14.2 Å². The molecule has 23 heavy (non-hydrogen) atoms. The zero-order valence-corrected chi connectivity index (χ0v) is 14.8. The van der Waals surface area contributed by atoms with E-state index in [2.05, 4.69) is 12.2 Å². The Morgan fingerprint density at radius 3 is 2.22 bits per heavy atom. The zero-order valence-electron chi connectivity index (χ0n) is 14.8. The molecule has 5 nitrogen and oxygen atoms in total. The van der Waals surface area contributed by atoms with E-state index in [0.717, 1.165) is 25.1 Å². The van der Waals surface area contributed by atoms with Gasteiger partial charge in [-0.05, 0) is 24.1 Å². The molecule has 1 aromatic carbocycles. The van der Waals surface area contributed by atoms with Gasteiger partial charge in [0.25, 0.3) is 0 Å². The third kappa shape index (κ3) is 7.10. The van der Waals surface area contributed by atoms with Crippen LogP contribution in [0.2, 0.25) is 0 Å². The van der Waals surface area contributed by atoms with Gasteiger partial charge in [0.05, 0.1) is 20.8 Å². The number of nitrogens with one attached hydrogen (secondary N) is 1. The van der Waals surface area contributed by atoms with Gasteiger partial charge in [-0.2, -0.15) is 0 Å². The number of benzene rings is 1. The van der Waals surface area contributed by atoms with Crippen molar-refractivity contribution in [2.75, 3.05) is 33.9 Å². The van der Waals surface area contributed by atoms with Crippen LogP contribution < -0.4 is 25.3 Å². The maximum absolute atomic E-state index is 5.92. The molecule has 5 heteroatoms. The van der Waals surface area contributed by atoms with Crippen molar-refractivity contribution in [3.63, 3.8) is 0 Å². The molecule has 1 rings (SSSR count). The Morgan fingerprint density at radius 1 is 1.00 bits per heavy atom. The van der Waals surface area contributed by atoms with Gasteiger partial charge in [-0.25, -0.2) is 0 Å². The standard InChI is InChI=1S/C18H32N2O3/c1-4-5-6-7-8-11-23-18-16(21-2)12-15(13-17(18)22-3)14-20-10-9-19/h12-13,20H,4-11,14,19H2,1-3H3. The van der Waals surface area contributed by atoms with Crippen molar-refractivity contribution in [3.05, 3.63) is 17.7 Å². The average molecular weight is 324 g/mol. The second-order valence-electron chi connectivity index (χ2n) is 5.56. The fraction of sp³-hybridized carbons (Fsp3) is 0.667. The van der Waals surface area contributed by atoms with Crippen LogP contribution in [-0.2, 0) is 6.54 Å². The largest absolute Gasteiger partial charge is 0.493 e. The highest BCUT2D eigenvalue weighted by Crippen LogP contribution is 2.38. The molecular formula is C18H32N2O3. The van der Waals surface area contributed by atoms with Crippen molar-refractivity contribution >= 4 is 0 Å². The lowest BCUT2D eigenvalue weighted by molar-refractivity contribution is 0.267. The number of ether oxygens (including phenoxy) is 3. The fourth-order valence-corrected chi connectivity index (χ4v) is 2.39. The van der Waals surface area contributed by atoms with Crippen molar-refractivity contribution in [3.8, 4) is 17.2 Å². The Bertz CT molecular complexity index is 413. The van der Waals surface area contributed by atoms with Crippen LogP contribution in [0.1, 0.15) is 44.6 Å². The van der Waals surface area contributed by atoms with Gasteiger partial charge in [0, 0.05) is 19.6 Å². The van der Waals surface area contributed by atoms with Crippen LogP contribution in [0.15, 0.2) is 12.1 Å². The maximum atomic E-state index is 5.92. The fourth-order valence-electron chi connectivity index (χ4n) is 2.39. The van der Waals surface area contributed by atoms with Gasteiger partial charge in [0.1, 0.15) is 0 Å². The van der Waals surface area contributed by atoms with E-state index < -0.39 is 0 Å². The van der Waals surface area contributed by atoms with E-state index in [9.17, 15) is 0 Å². The molecule has 0 aromatic heterocycles. The summed E-state index contributed by atoms with van der Waals surface area (Å²) in [6.07, 6.45) is 6.05. The third-order valence-electron chi connectivity index (χ3n) is 3.66. The summed E-state index contributed by atoms with van der Waals surface area (Å²) in [5.74, 6) is 2.11. The minimum absolute atomic E-state index is 0.619. The molecule has 0 unspecified atom stereocenters. The number of unbranched alkanes of at least 4 members (excludes halogenated alkanes) is 4. The topological polar surface area (TPSA) is 65.7 Å². The molecule has 0 aliphatic carbocycles. The second-order valence-corrected chi connectivity index (χ2v) is 5.56. The Hall–Kier alpha value is -1.46. The molecule has 0 radical (unpaired) electrons. The van der Waals surface area contributed by atoms with Crippen LogP contribution in [0.25, 0.3) is 0 Å². The van der Waals surface area contributed by atoms with E-state index in [1.54, 1.807) is 14.2 Å². The van der Waals surface area contributed by atoms with Crippen LogP contribution in [0.3, 0.4) is 0 Å². The Balaban J connectivity index is 2.65. The molecule has 0 amide bonds. The zero-order chi connectivity index (χ0) is 16.9. The summed E-state index contributed by atoms with van der Waals surface area (Å²) in [5.41, 5.74) is 6.58. The van der Waals surface area contributed by atoms with Gasteiger partial charge in [-0.1, -0.05) is 32.6 Å². The van der Waals surface area contributed by atoms with Crippen molar-refractivity contribution in [2.24, 2.45) is 5.73 Å². The van der Waals surface area contributed by atoms with E-state index >= 15 is 0 Å². The summed E-state index contributed by atoms with van der Waals surface area (Å²) in [7, 11) is 3.31. The Morgan fingerprint density at radius 2 is 1.65 bits per heavy atom. The van der Waals surface area contributed by atoms with E-state index in [4.69, 9.17) is 19.9 Å². The van der Waals surface area contributed by atoms with Crippen LogP contribution >= 0.6 is 0 Å². The number of nitrogens with two attached hydrogens (primary N) is 1. The predicted octanol–water partition coefficient (Wildman–Crippen LogP) is 3.10. The number of rotatable bonds is 13. The first-order valence-electron chi connectivity index (χ1n) is 8.55. The first-order valence-corrected chi connectivity index (χ1v) is 8.55. The minimum Gasteiger partial charge on any atom is -0.493 e. The average Bonchev–Trinajstić information content (AvgIpc) is 2.58. The summed E-state index contributed by atoms with van der Waals surface area (Å²) in [5, 5.41) is 3.27. The monoisotopic (exact) mass is 324 g/mol. The third-order valence-corrected chi connectivity index (χ3v) is 3.66. The lowest BCUT2D eigenvalue weighted by Crippen LogP contribution is -2.21.